The van der Waals surface area contributed by atoms with Crippen molar-refractivity contribution in [3.05, 3.63) is 53.3 Å². The van der Waals surface area contributed by atoms with Gasteiger partial charge >= 0.3 is 0 Å². The molecule has 2 rings (SSSR count). The van der Waals surface area contributed by atoms with Gasteiger partial charge in [-0.1, -0.05) is 12.1 Å². The molecule has 172 valence electrons. The fourth-order valence-electron chi connectivity index (χ4n) is 3.12. The Morgan fingerprint density at radius 3 is 2.03 bits per heavy atom. The highest BCUT2D eigenvalue weighted by molar-refractivity contribution is 14.0. The summed E-state index contributed by atoms with van der Waals surface area (Å²) in [6, 6.07) is 10.4. The van der Waals surface area contributed by atoms with Crippen LogP contribution in [-0.2, 0) is 6.54 Å². The van der Waals surface area contributed by atoms with Gasteiger partial charge in [-0.3, -0.25) is 4.99 Å². The molecule has 0 aliphatic rings. The van der Waals surface area contributed by atoms with E-state index in [0.29, 0.717) is 36.3 Å². The molecule has 0 spiro atoms. The third-order valence-electron chi connectivity index (χ3n) is 4.75. The summed E-state index contributed by atoms with van der Waals surface area (Å²) < 4.78 is 29.4. The van der Waals surface area contributed by atoms with E-state index in [2.05, 4.69) is 20.5 Å². The van der Waals surface area contributed by atoms with Crippen molar-refractivity contribution in [1.29, 1.82) is 0 Å². The largest absolute Gasteiger partial charge is 0.493 e. The maximum atomic E-state index is 13.3. The summed E-state index contributed by atoms with van der Waals surface area (Å²) in [5.74, 6) is 2.16. The molecular weight excluding hydrogens is 514 g/mol. The number of aliphatic imine (C=N–C) groups is 1. The third kappa shape index (κ3) is 7.42. The third-order valence-corrected chi connectivity index (χ3v) is 4.75. The number of nitrogens with one attached hydrogen (secondary N) is 2. The first-order valence-corrected chi connectivity index (χ1v) is 9.58. The van der Waals surface area contributed by atoms with Crippen molar-refractivity contribution < 1.29 is 18.6 Å². The fraction of sp³-hybridized carbons (Fsp3) is 0.409. The molecule has 0 aliphatic carbocycles. The maximum Gasteiger partial charge on any atom is 0.203 e. The number of rotatable bonds is 9. The van der Waals surface area contributed by atoms with Gasteiger partial charge in [-0.15, -0.1) is 24.0 Å². The van der Waals surface area contributed by atoms with E-state index in [1.54, 1.807) is 40.5 Å². The highest BCUT2D eigenvalue weighted by atomic mass is 127. The average molecular weight is 546 g/mol. The van der Waals surface area contributed by atoms with Gasteiger partial charge in [0.1, 0.15) is 5.82 Å². The van der Waals surface area contributed by atoms with E-state index in [-0.39, 0.29) is 35.8 Å². The van der Waals surface area contributed by atoms with Crippen LogP contribution in [0, 0.1) is 5.82 Å². The summed E-state index contributed by atoms with van der Waals surface area (Å²) in [6.45, 7) is 1.12. The van der Waals surface area contributed by atoms with E-state index in [4.69, 9.17) is 14.2 Å². The molecule has 0 saturated carbocycles. The molecular formula is C22H32FIN4O3. The van der Waals surface area contributed by atoms with Gasteiger partial charge in [-0.05, 0) is 49.5 Å². The summed E-state index contributed by atoms with van der Waals surface area (Å²) in [6.07, 6.45) is 0. The highest BCUT2D eigenvalue weighted by Crippen LogP contribution is 2.38. The zero-order valence-corrected chi connectivity index (χ0v) is 21.2. The van der Waals surface area contributed by atoms with Crippen LogP contribution in [0.3, 0.4) is 0 Å². The van der Waals surface area contributed by atoms with Gasteiger partial charge in [0, 0.05) is 20.1 Å². The maximum absolute atomic E-state index is 13.3. The molecule has 1 atom stereocenters. The fourth-order valence-corrected chi connectivity index (χ4v) is 3.12. The summed E-state index contributed by atoms with van der Waals surface area (Å²) >= 11 is 0. The lowest BCUT2D eigenvalue weighted by molar-refractivity contribution is 0.298. The number of likely N-dealkylation sites (N-methyl/N-ethyl adjacent to an activating group) is 1. The summed E-state index contributed by atoms with van der Waals surface area (Å²) in [5, 5.41) is 6.62. The summed E-state index contributed by atoms with van der Waals surface area (Å²) in [4.78, 5) is 6.37. The molecule has 0 fully saturated rings. The minimum Gasteiger partial charge on any atom is -0.493 e. The zero-order chi connectivity index (χ0) is 22.1. The van der Waals surface area contributed by atoms with Gasteiger partial charge in [0.2, 0.25) is 5.75 Å². The van der Waals surface area contributed by atoms with E-state index >= 15 is 0 Å². The Kier molecular flexibility index (Phi) is 11.4. The Morgan fingerprint density at radius 1 is 1.00 bits per heavy atom. The van der Waals surface area contributed by atoms with Crippen LogP contribution < -0.4 is 24.8 Å². The molecule has 0 heterocycles. The van der Waals surface area contributed by atoms with Gasteiger partial charge in [-0.25, -0.2) is 4.39 Å². The van der Waals surface area contributed by atoms with Crippen molar-refractivity contribution >= 4 is 29.9 Å². The molecule has 9 heteroatoms. The molecule has 0 radical (unpaired) electrons. The van der Waals surface area contributed by atoms with Crippen LogP contribution in [0.25, 0.3) is 0 Å². The Balaban J connectivity index is 0.00000480. The van der Waals surface area contributed by atoms with Crippen molar-refractivity contribution in [3.63, 3.8) is 0 Å². The Morgan fingerprint density at radius 2 is 1.58 bits per heavy atom. The van der Waals surface area contributed by atoms with Crippen molar-refractivity contribution in [2.75, 3.05) is 49.0 Å². The van der Waals surface area contributed by atoms with E-state index in [9.17, 15) is 4.39 Å². The normalized spacial score (nSPS) is 12.1. The molecule has 0 bridgehead atoms. The van der Waals surface area contributed by atoms with E-state index in [1.807, 2.05) is 26.2 Å². The standard InChI is InChI=1S/C22H31FN4O3.HI/c1-24-22(26-14-18(27(2)3)16-7-9-17(23)10-8-16)25-13-15-11-19(28-4)21(30-6)20(12-15)29-5;/h7-12,18H,13-14H2,1-6H3,(H2,24,25,26);1H. The monoisotopic (exact) mass is 546 g/mol. The van der Waals surface area contributed by atoms with Crippen molar-refractivity contribution in [2.45, 2.75) is 12.6 Å². The average Bonchev–Trinajstić information content (AvgIpc) is 2.75. The molecule has 1 unspecified atom stereocenters. The smallest absolute Gasteiger partial charge is 0.203 e. The molecule has 2 aromatic rings. The summed E-state index contributed by atoms with van der Waals surface area (Å²) in [5.41, 5.74) is 1.98. The second-order valence-corrected chi connectivity index (χ2v) is 6.87. The zero-order valence-electron chi connectivity index (χ0n) is 18.9. The van der Waals surface area contributed by atoms with Crippen molar-refractivity contribution in [1.82, 2.24) is 15.5 Å². The predicted octanol–water partition coefficient (Wildman–Crippen LogP) is 3.44. The van der Waals surface area contributed by atoms with E-state index < -0.39 is 0 Å². The molecule has 7 nitrogen and oxygen atoms in total. The highest BCUT2D eigenvalue weighted by Gasteiger charge is 2.16. The molecule has 2 N–H and O–H groups in total. The molecule has 0 saturated heterocycles. The van der Waals surface area contributed by atoms with E-state index in [1.165, 1.54) is 12.1 Å². The second-order valence-electron chi connectivity index (χ2n) is 6.87. The quantitative estimate of drug-likeness (QED) is 0.286. The van der Waals surface area contributed by atoms with Crippen LogP contribution >= 0.6 is 24.0 Å². The van der Waals surface area contributed by atoms with Gasteiger partial charge in [0.15, 0.2) is 17.5 Å². The van der Waals surface area contributed by atoms with Gasteiger partial charge in [0.05, 0.1) is 27.4 Å². The van der Waals surface area contributed by atoms with Crippen LogP contribution in [-0.4, -0.2) is 59.9 Å². The first-order chi connectivity index (χ1) is 14.4. The first kappa shape index (κ1) is 26.8. The Hall–Kier alpha value is -2.27. The Labute approximate surface area is 201 Å². The van der Waals surface area contributed by atoms with E-state index in [0.717, 1.165) is 11.1 Å². The summed E-state index contributed by atoms with van der Waals surface area (Å²) in [7, 11) is 10.4. The Bertz CT molecular complexity index is 822. The topological polar surface area (TPSA) is 67.4 Å². The molecule has 0 aliphatic heterocycles. The lowest BCUT2D eigenvalue weighted by Gasteiger charge is -2.26. The lowest BCUT2D eigenvalue weighted by Crippen LogP contribution is -2.41. The number of ether oxygens (including phenoxy) is 3. The van der Waals surface area contributed by atoms with Crippen molar-refractivity contribution in [3.8, 4) is 17.2 Å². The molecule has 0 amide bonds. The van der Waals surface area contributed by atoms with Crippen molar-refractivity contribution in [2.24, 2.45) is 4.99 Å². The number of hydrogen-bond donors (Lipinski definition) is 2. The SMILES string of the molecule is CN=C(NCc1cc(OC)c(OC)c(OC)c1)NCC(c1ccc(F)cc1)N(C)C.I. The number of methoxy groups -OCH3 is 3. The van der Waals surface area contributed by atoms with Gasteiger partial charge in [-0.2, -0.15) is 0 Å². The molecule has 2 aromatic carbocycles. The van der Waals surface area contributed by atoms with Crippen LogP contribution in [0.2, 0.25) is 0 Å². The lowest BCUT2D eigenvalue weighted by atomic mass is 10.1. The number of nitrogens with zero attached hydrogens (tertiary/aromatic N) is 2. The second kappa shape index (κ2) is 13.2. The molecule has 0 aromatic heterocycles. The minimum absolute atomic E-state index is 0. The van der Waals surface area contributed by atoms with Crippen LogP contribution in [0.15, 0.2) is 41.4 Å². The van der Waals surface area contributed by atoms with Crippen LogP contribution in [0.5, 0.6) is 17.2 Å². The molecule has 31 heavy (non-hydrogen) atoms. The van der Waals surface area contributed by atoms with Crippen LogP contribution in [0.1, 0.15) is 17.2 Å². The van der Waals surface area contributed by atoms with Crippen LogP contribution in [0.4, 0.5) is 4.39 Å². The number of hydrogen-bond acceptors (Lipinski definition) is 5. The number of halogens is 2. The number of benzene rings is 2. The van der Waals surface area contributed by atoms with Gasteiger partial charge < -0.3 is 29.7 Å². The van der Waals surface area contributed by atoms with Gasteiger partial charge in [0.25, 0.3) is 0 Å². The first-order valence-electron chi connectivity index (χ1n) is 9.58. The predicted molar refractivity (Wildman–Crippen MR) is 133 cm³/mol. The number of guanidine groups is 1. The minimum atomic E-state index is -0.243.